The number of carbonyl (C=O) groups excluding carboxylic acids is 1. The first-order chi connectivity index (χ1) is 7.36. The first kappa shape index (κ1) is 13.7. The second-order valence-electron chi connectivity index (χ2n) is 4.47. The van der Waals surface area contributed by atoms with Crippen molar-refractivity contribution in [2.75, 3.05) is 26.3 Å². The molecule has 1 amide bonds. The number of hydrogen-bond donors (Lipinski definition) is 2. The maximum Gasteiger partial charge on any atom is 0.225 e. The molecule has 0 bridgehead atoms. The lowest BCUT2D eigenvalue weighted by atomic mass is 10.00. The Bertz CT molecular complexity index is 214. The molecule has 2 aliphatic rings. The van der Waals surface area contributed by atoms with Gasteiger partial charge < -0.3 is 15.4 Å². The van der Waals surface area contributed by atoms with Crippen LogP contribution in [0.4, 0.5) is 0 Å². The molecule has 0 aliphatic carbocycles. The Hall–Kier alpha value is -0.320. The Morgan fingerprint density at radius 2 is 2.19 bits per heavy atom. The summed E-state index contributed by atoms with van der Waals surface area (Å²) in [5, 5.41) is 6.40. The number of rotatable bonds is 2. The molecule has 2 saturated heterocycles. The van der Waals surface area contributed by atoms with Gasteiger partial charge in [0, 0.05) is 19.2 Å². The zero-order valence-electron chi connectivity index (χ0n) is 9.54. The molecule has 94 valence electrons. The fourth-order valence-electron chi connectivity index (χ4n) is 2.24. The summed E-state index contributed by atoms with van der Waals surface area (Å²) in [5.41, 5.74) is 0. The molecule has 5 heteroatoms. The van der Waals surface area contributed by atoms with Gasteiger partial charge >= 0.3 is 0 Å². The summed E-state index contributed by atoms with van der Waals surface area (Å²) in [6, 6.07) is 0.327. The van der Waals surface area contributed by atoms with Crippen LogP contribution in [-0.2, 0) is 9.53 Å². The van der Waals surface area contributed by atoms with Gasteiger partial charge in [0.05, 0.1) is 12.5 Å². The number of nitrogens with one attached hydrogen (secondary N) is 2. The third-order valence-electron chi connectivity index (χ3n) is 3.17. The van der Waals surface area contributed by atoms with E-state index in [9.17, 15) is 4.79 Å². The molecular weight excluding hydrogens is 228 g/mol. The SMILES string of the molecule is Cl.O=C(NC1CCCNC1)C1CCCOC1. The normalized spacial score (nSPS) is 30.2. The Morgan fingerprint density at radius 3 is 2.81 bits per heavy atom. The molecule has 2 unspecified atom stereocenters. The van der Waals surface area contributed by atoms with E-state index in [-0.39, 0.29) is 24.2 Å². The first-order valence-corrected chi connectivity index (χ1v) is 5.95. The highest BCUT2D eigenvalue weighted by atomic mass is 35.5. The maximum atomic E-state index is 11.8. The Kier molecular flexibility index (Phi) is 6.09. The van der Waals surface area contributed by atoms with E-state index in [0.29, 0.717) is 12.6 Å². The summed E-state index contributed by atoms with van der Waals surface area (Å²) >= 11 is 0. The van der Waals surface area contributed by atoms with E-state index in [4.69, 9.17) is 4.74 Å². The summed E-state index contributed by atoms with van der Waals surface area (Å²) in [6.45, 7) is 3.42. The minimum atomic E-state index is 0. The van der Waals surface area contributed by atoms with Crippen molar-refractivity contribution in [2.45, 2.75) is 31.7 Å². The third kappa shape index (κ3) is 3.92. The molecule has 2 N–H and O–H groups in total. The molecular formula is C11H21ClN2O2. The molecule has 0 aromatic rings. The summed E-state index contributed by atoms with van der Waals surface area (Å²) in [7, 11) is 0. The molecule has 4 nitrogen and oxygen atoms in total. The smallest absolute Gasteiger partial charge is 0.225 e. The number of piperidine rings is 1. The Morgan fingerprint density at radius 1 is 1.31 bits per heavy atom. The van der Waals surface area contributed by atoms with Gasteiger partial charge in [0.15, 0.2) is 0 Å². The van der Waals surface area contributed by atoms with Crippen molar-refractivity contribution >= 4 is 18.3 Å². The van der Waals surface area contributed by atoms with Gasteiger partial charge in [-0.25, -0.2) is 0 Å². The highest BCUT2D eigenvalue weighted by Gasteiger charge is 2.24. The molecule has 2 heterocycles. The largest absolute Gasteiger partial charge is 0.381 e. The summed E-state index contributed by atoms with van der Waals surface area (Å²) < 4.78 is 5.32. The monoisotopic (exact) mass is 248 g/mol. The van der Waals surface area contributed by atoms with Crippen LogP contribution in [0.1, 0.15) is 25.7 Å². The van der Waals surface area contributed by atoms with E-state index in [1.165, 1.54) is 0 Å². The van der Waals surface area contributed by atoms with E-state index in [0.717, 1.165) is 45.4 Å². The van der Waals surface area contributed by atoms with Gasteiger partial charge in [0.2, 0.25) is 5.91 Å². The van der Waals surface area contributed by atoms with Crippen LogP contribution in [0, 0.1) is 5.92 Å². The van der Waals surface area contributed by atoms with Gasteiger partial charge in [-0.05, 0) is 32.2 Å². The van der Waals surface area contributed by atoms with E-state index >= 15 is 0 Å². The van der Waals surface area contributed by atoms with Crippen LogP contribution in [0.2, 0.25) is 0 Å². The van der Waals surface area contributed by atoms with E-state index in [2.05, 4.69) is 10.6 Å². The van der Waals surface area contributed by atoms with Crippen LogP contribution >= 0.6 is 12.4 Å². The Labute approximate surface area is 103 Å². The van der Waals surface area contributed by atoms with Crippen molar-refractivity contribution in [1.82, 2.24) is 10.6 Å². The van der Waals surface area contributed by atoms with Crippen LogP contribution in [0.15, 0.2) is 0 Å². The van der Waals surface area contributed by atoms with Crippen LogP contribution < -0.4 is 10.6 Å². The van der Waals surface area contributed by atoms with Crippen molar-refractivity contribution in [3.63, 3.8) is 0 Å². The maximum absolute atomic E-state index is 11.8. The molecule has 0 saturated carbocycles. The van der Waals surface area contributed by atoms with Crippen LogP contribution in [0.3, 0.4) is 0 Å². The number of ether oxygens (including phenoxy) is 1. The van der Waals surface area contributed by atoms with Gasteiger partial charge in [0.25, 0.3) is 0 Å². The fraction of sp³-hybridized carbons (Fsp3) is 0.909. The van der Waals surface area contributed by atoms with Crippen molar-refractivity contribution in [1.29, 1.82) is 0 Å². The molecule has 2 atom stereocenters. The summed E-state index contributed by atoms with van der Waals surface area (Å²) in [5.74, 6) is 0.268. The van der Waals surface area contributed by atoms with Gasteiger partial charge in [0.1, 0.15) is 0 Å². The van der Waals surface area contributed by atoms with Crippen LogP contribution in [-0.4, -0.2) is 38.3 Å². The molecule has 0 radical (unpaired) electrons. The van der Waals surface area contributed by atoms with Crippen molar-refractivity contribution < 1.29 is 9.53 Å². The highest BCUT2D eigenvalue weighted by molar-refractivity contribution is 5.85. The average molecular weight is 249 g/mol. The van der Waals surface area contributed by atoms with Crippen LogP contribution in [0.5, 0.6) is 0 Å². The quantitative estimate of drug-likeness (QED) is 0.757. The second-order valence-corrected chi connectivity index (χ2v) is 4.47. The topological polar surface area (TPSA) is 50.4 Å². The van der Waals surface area contributed by atoms with Gasteiger partial charge in [-0.3, -0.25) is 4.79 Å². The van der Waals surface area contributed by atoms with Gasteiger partial charge in [-0.2, -0.15) is 0 Å². The molecule has 0 aromatic heterocycles. The molecule has 0 spiro atoms. The predicted molar refractivity (Wildman–Crippen MR) is 64.8 cm³/mol. The van der Waals surface area contributed by atoms with Gasteiger partial charge in [-0.15, -0.1) is 12.4 Å². The van der Waals surface area contributed by atoms with E-state index < -0.39 is 0 Å². The minimum absolute atomic E-state index is 0. The highest BCUT2D eigenvalue weighted by Crippen LogP contribution is 2.14. The van der Waals surface area contributed by atoms with Crippen molar-refractivity contribution in [2.24, 2.45) is 5.92 Å². The predicted octanol–water partition coefficient (Wildman–Crippen LogP) is 0.703. The molecule has 2 fully saturated rings. The first-order valence-electron chi connectivity index (χ1n) is 5.95. The lowest BCUT2D eigenvalue weighted by molar-refractivity contribution is -0.129. The Balaban J connectivity index is 0.00000128. The lowest BCUT2D eigenvalue weighted by Gasteiger charge is -2.27. The summed E-state index contributed by atoms with van der Waals surface area (Å²) in [6.07, 6.45) is 4.26. The average Bonchev–Trinajstić information content (AvgIpc) is 2.31. The van der Waals surface area contributed by atoms with Crippen LogP contribution in [0.25, 0.3) is 0 Å². The summed E-state index contributed by atoms with van der Waals surface area (Å²) in [4.78, 5) is 11.8. The molecule has 0 aromatic carbocycles. The standard InChI is InChI=1S/C11H20N2O2.ClH/c14-11(9-3-2-6-15-8-9)13-10-4-1-5-12-7-10;/h9-10,12H,1-8H2,(H,13,14);1H. The van der Waals surface area contributed by atoms with E-state index in [1.54, 1.807) is 0 Å². The third-order valence-corrected chi connectivity index (χ3v) is 3.17. The molecule has 2 aliphatic heterocycles. The fourth-order valence-corrected chi connectivity index (χ4v) is 2.24. The zero-order chi connectivity index (χ0) is 10.5. The second kappa shape index (κ2) is 7.09. The number of hydrogen-bond acceptors (Lipinski definition) is 3. The lowest BCUT2D eigenvalue weighted by Crippen LogP contribution is -2.48. The number of amides is 1. The number of halogens is 1. The number of carbonyl (C=O) groups is 1. The van der Waals surface area contributed by atoms with Crippen molar-refractivity contribution in [3.05, 3.63) is 0 Å². The molecule has 16 heavy (non-hydrogen) atoms. The van der Waals surface area contributed by atoms with E-state index in [1.807, 2.05) is 0 Å². The van der Waals surface area contributed by atoms with Crippen molar-refractivity contribution in [3.8, 4) is 0 Å². The minimum Gasteiger partial charge on any atom is -0.381 e. The van der Waals surface area contributed by atoms with Gasteiger partial charge in [-0.1, -0.05) is 0 Å². The zero-order valence-corrected chi connectivity index (χ0v) is 10.4. The molecule has 2 rings (SSSR count).